The molecule has 6 nitrogen and oxygen atoms in total. The van der Waals surface area contributed by atoms with Crippen LogP contribution in [0.5, 0.6) is 0 Å². The van der Waals surface area contributed by atoms with Gasteiger partial charge in [-0.05, 0) is 46.0 Å². The van der Waals surface area contributed by atoms with Crippen LogP contribution in [0, 0.1) is 0 Å². The third-order valence-corrected chi connectivity index (χ3v) is 5.57. The molecule has 2 unspecified atom stereocenters. The van der Waals surface area contributed by atoms with Crippen molar-refractivity contribution in [2.75, 3.05) is 25.9 Å². The van der Waals surface area contributed by atoms with E-state index >= 15 is 0 Å². The number of carbonyl (C=O) groups is 1. The van der Waals surface area contributed by atoms with Crippen LogP contribution < -0.4 is 4.72 Å². The van der Waals surface area contributed by atoms with Crippen LogP contribution in [0.3, 0.4) is 0 Å². The van der Waals surface area contributed by atoms with Crippen molar-refractivity contribution in [2.45, 2.75) is 64.1 Å². The van der Waals surface area contributed by atoms with Gasteiger partial charge in [0.1, 0.15) is 0 Å². The van der Waals surface area contributed by atoms with Crippen molar-refractivity contribution in [3.63, 3.8) is 0 Å². The number of carbonyl (C=O) groups excluding carboxylic acids is 1. The summed E-state index contributed by atoms with van der Waals surface area (Å²) < 4.78 is 25.2. The monoisotopic (exact) mass is 331 g/mol. The smallest absolute Gasteiger partial charge is 0.237 e. The average molecular weight is 331 g/mol. The first-order valence-electron chi connectivity index (χ1n) is 8.27. The molecule has 0 aliphatic carbocycles. The van der Waals surface area contributed by atoms with Gasteiger partial charge in [-0.25, -0.2) is 13.1 Å². The van der Waals surface area contributed by atoms with E-state index in [1.54, 1.807) is 0 Å². The Morgan fingerprint density at radius 2 is 1.64 bits per heavy atom. The molecule has 2 heterocycles. The molecule has 2 aliphatic rings. The van der Waals surface area contributed by atoms with Crippen molar-refractivity contribution in [3.05, 3.63) is 0 Å². The van der Waals surface area contributed by atoms with Gasteiger partial charge in [0.05, 0.1) is 12.8 Å². The lowest BCUT2D eigenvalue weighted by molar-refractivity contribution is -0.138. The van der Waals surface area contributed by atoms with E-state index in [-0.39, 0.29) is 11.9 Å². The molecular formula is C15H29N3O3S. The second-order valence-electron chi connectivity index (χ2n) is 6.87. The molecule has 2 aliphatic heterocycles. The molecule has 2 saturated heterocycles. The Kier molecular flexibility index (Phi) is 5.85. The third-order valence-electron chi connectivity index (χ3n) is 4.81. The first kappa shape index (κ1) is 17.7. The molecule has 0 radical (unpaired) electrons. The van der Waals surface area contributed by atoms with E-state index in [2.05, 4.69) is 23.5 Å². The first-order valence-corrected chi connectivity index (χ1v) is 10.2. The minimum atomic E-state index is -3.14. The fraction of sp³-hybridized carbons (Fsp3) is 0.933. The van der Waals surface area contributed by atoms with Gasteiger partial charge < -0.3 is 4.90 Å². The lowest BCUT2D eigenvalue weighted by Crippen LogP contribution is -2.53. The van der Waals surface area contributed by atoms with Crippen LogP contribution in [0.2, 0.25) is 0 Å². The number of rotatable bonds is 4. The Morgan fingerprint density at radius 1 is 1.09 bits per heavy atom. The van der Waals surface area contributed by atoms with Gasteiger partial charge >= 0.3 is 0 Å². The van der Waals surface area contributed by atoms with Crippen molar-refractivity contribution in [3.8, 4) is 0 Å². The zero-order valence-corrected chi connectivity index (χ0v) is 14.7. The maximum Gasteiger partial charge on any atom is 0.237 e. The molecule has 0 aromatic rings. The van der Waals surface area contributed by atoms with Crippen LogP contribution in [0.15, 0.2) is 0 Å². The molecule has 0 spiro atoms. The van der Waals surface area contributed by atoms with Crippen molar-refractivity contribution in [2.24, 2.45) is 0 Å². The summed E-state index contributed by atoms with van der Waals surface area (Å²) in [6, 6.07) is 0.676. The quantitative estimate of drug-likeness (QED) is 0.827. The first-order chi connectivity index (χ1) is 10.3. The van der Waals surface area contributed by atoms with Gasteiger partial charge in [-0.3, -0.25) is 9.69 Å². The maximum atomic E-state index is 12.6. The molecule has 2 fully saturated rings. The molecule has 0 bridgehead atoms. The summed E-state index contributed by atoms with van der Waals surface area (Å²) in [7, 11) is -3.14. The zero-order valence-electron chi connectivity index (χ0n) is 13.9. The second kappa shape index (κ2) is 7.27. The molecular weight excluding hydrogens is 302 g/mol. The predicted molar refractivity (Wildman–Crippen MR) is 87.1 cm³/mol. The van der Waals surface area contributed by atoms with Gasteiger partial charge in [-0.15, -0.1) is 0 Å². The lowest BCUT2D eigenvalue weighted by Gasteiger charge is -2.41. The molecule has 2 atom stereocenters. The van der Waals surface area contributed by atoms with Crippen LogP contribution in [-0.2, 0) is 14.8 Å². The van der Waals surface area contributed by atoms with Crippen molar-refractivity contribution >= 4 is 15.9 Å². The normalized spacial score (nSPS) is 28.8. The Morgan fingerprint density at radius 3 is 2.14 bits per heavy atom. The Labute approximate surface area is 134 Å². The highest BCUT2D eigenvalue weighted by Gasteiger charge is 2.30. The molecule has 1 amide bonds. The largest absolute Gasteiger partial charge is 0.336 e. The molecule has 128 valence electrons. The molecule has 1 N–H and O–H groups in total. The topological polar surface area (TPSA) is 69.7 Å². The van der Waals surface area contributed by atoms with Crippen LogP contribution >= 0.6 is 0 Å². The van der Waals surface area contributed by atoms with Gasteiger partial charge in [-0.2, -0.15) is 0 Å². The molecule has 7 heteroatoms. The minimum absolute atomic E-state index is 0.00851. The summed E-state index contributed by atoms with van der Waals surface area (Å²) in [5.74, 6) is 0.217. The van der Waals surface area contributed by atoms with Crippen LogP contribution in [0.1, 0.15) is 46.0 Å². The summed E-state index contributed by atoms with van der Waals surface area (Å²) in [5, 5.41) is 0. The van der Waals surface area contributed by atoms with Crippen LogP contribution in [-0.4, -0.2) is 68.1 Å². The third kappa shape index (κ3) is 4.93. The van der Waals surface area contributed by atoms with Crippen LogP contribution in [0.4, 0.5) is 0 Å². The lowest BCUT2D eigenvalue weighted by atomic mass is 9.97. The number of sulfonamides is 1. The number of likely N-dealkylation sites (tertiary alicyclic amines) is 2. The van der Waals surface area contributed by atoms with E-state index in [9.17, 15) is 13.2 Å². The summed E-state index contributed by atoms with van der Waals surface area (Å²) >= 11 is 0. The van der Waals surface area contributed by atoms with E-state index in [0.29, 0.717) is 18.6 Å². The second-order valence-corrected chi connectivity index (χ2v) is 8.65. The van der Waals surface area contributed by atoms with E-state index in [0.717, 1.165) is 38.8 Å². The van der Waals surface area contributed by atoms with Gasteiger partial charge in [0.2, 0.25) is 15.9 Å². The van der Waals surface area contributed by atoms with E-state index in [1.165, 1.54) is 12.7 Å². The molecule has 22 heavy (non-hydrogen) atoms. The number of hydrogen-bond donors (Lipinski definition) is 1. The van der Waals surface area contributed by atoms with Gasteiger partial charge in [-0.1, -0.05) is 0 Å². The highest BCUT2D eigenvalue weighted by Crippen LogP contribution is 2.23. The van der Waals surface area contributed by atoms with Crippen molar-refractivity contribution < 1.29 is 13.2 Å². The summed E-state index contributed by atoms with van der Waals surface area (Å²) in [6.45, 7) is 6.27. The number of nitrogens with one attached hydrogen (secondary N) is 1. The molecule has 0 aromatic carbocycles. The highest BCUT2D eigenvalue weighted by atomic mass is 32.2. The Bertz CT molecular complexity index is 476. The molecule has 0 saturated carbocycles. The van der Waals surface area contributed by atoms with Gasteiger partial charge in [0.25, 0.3) is 0 Å². The number of piperidine rings is 2. The Balaban J connectivity index is 1.81. The van der Waals surface area contributed by atoms with Gasteiger partial charge in [0, 0.05) is 31.2 Å². The number of nitrogens with zero attached hydrogens (tertiary/aromatic N) is 2. The van der Waals surface area contributed by atoms with Crippen molar-refractivity contribution in [1.82, 2.24) is 14.5 Å². The van der Waals surface area contributed by atoms with E-state index in [4.69, 9.17) is 0 Å². The predicted octanol–water partition coefficient (Wildman–Crippen LogP) is 0.790. The number of hydrogen-bond acceptors (Lipinski definition) is 4. The number of amides is 1. The summed E-state index contributed by atoms with van der Waals surface area (Å²) in [6.07, 6.45) is 6.13. The fourth-order valence-corrected chi connectivity index (χ4v) is 4.54. The van der Waals surface area contributed by atoms with Crippen molar-refractivity contribution in [1.29, 1.82) is 0 Å². The Hall–Kier alpha value is -0.660. The fourth-order valence-electron chi connectivity index (χ4n) is 3.70. The maximum absolute atomic E-state index is 12.6. The molecule has 0 aromatic heterocycles. The van der Waals surface area contributed by atoms with E-state index < -0.39 is 10.0 Å². The van der Waals surface area contributed by atoms with Crippen LogP contribution in [0.25, 0.3) is 0 Å². The zero-order chi connectivity index (χ0) is 16.3. The van der Waals surface area contributed by atoms with E-state index in [1.807, 2.05) is 4.90 Å². The highest BCUT2D eigenvalue weighted by molar-refractivity contribution is 7.88. The minimum Gasteiger partial charge on any atom is -0.336 e. The summed E-state index contributed by atoms with van der Waals surface area (Å²) in [4.78, 5) is 16.8. The van der Waals surface area contributed by atoms with Gasteiger partial charge in [0.15, 0.2) is 0 Å². The SMILES string of the molecule is CC1CCCC(C)N1C(=O)CN1CCC(NS(C)(=O)=O)CC1. The standard InChI is InChI=1S/C15H29N3O3S/c1-12-5-4-6-13(2)18(12)15(19)11-17-9-7-14(8-10-17)16-22(3,20)21/h12-14,16H,4-11H2,1-3H3. The summed E-state index contributed by atoms with van der Waals surface area (Å²) in [5.41, 5.74) is 0. The molecule has 2 rings (SSSR count). The average Bonchev–Trinajstić information content (AvgIpc) is 2.39.